The van der Waals surface area contributed by atoms with E-state index in [-0.39, 0.29) is 0 Å². The molecular weight excluding hydrogens is 851 g/mol. The van der Waals surface area contributed by atoms with Crippen LogP contribution in [0.25, 0.3) is 152 Å². The van der Waals surface area contributed by atoms with Gasteiger partial charge in [-0.2, -0.15) is 0 Å². The Hall–Kier alpha value is -8.91. The first-order valence-corrected chi connectivity index (χ1v) is 23.7. The van der Waals surface area contributed by atoms with Gasteiger partial charge in [-0.1, -0.05) is 133 Å². The zero-order valence-corrected chi connectivity index (χ0v) is 36.9. The molecule has 0 unspecified atom stereocenters. The SMILES string of the molecule is c1cncc(-n2c3ccccc3c3cc(-c4nc5cc6oc7c8ccccc8ccc7c6cc5nc4-n4c5ccccc5c5c6ccccc6c6c7ccc8ccccc8c7sc6c54)ccc32)c1. The van der Waals surface area contributed by atoms with Crippen LogP contribution in [-0.2, 0) is 0 Å². The number of hydrogen-bond donors (Lipinski definition) is 0. The van der Waals surface area contributed by atoms with E-state index in [2.05, 4.69) is 196 Å². The number of pyridine rings is 1. The fourth-order valence-electron chi connectivity index (χ4n) is 11.4. The molecule has 0 atom stereocenters. The summed E-state index contributed by atoms with van der Waals surface area (Å²) in [5.41, 5.74) is 10.4. The first kappa shape index (κ1) is 36.3. The Morgan fingerprint density at radius 3 is 1.90 bits per heavy atom. The van der Waals surface area contributed by atoms with Crippen LogP contribution in [0, 0.1) is 0 Å². The Kier molecular flexibility index (Phi) is 7.13. The lowest BCUT2D eigenvalue weighted by atomic mass is 9.98. The van der Waals surface area contributed by atoms with Gasteiger partial charge in [0.1, 0.15) is 16.9 Å². The Labute approximate surface area is 390 Å². The average Bonchev–Trinajstić information content (AvgIpc) is 4.16. The Bertz CT molecular complexity index is 4860. The van der Waals surface area contributed by atoms with Crippen LogP contribution in [-0.4, -0.2) is 24.1 Å². The minimum absolute atomic E-state index is 0.766. The zero-order chi connectivity index (χ0) is 44.2. The molecule has 0 spiro atoms. The summed E-state index contributed by atoms with van der Waals surface area (Å²) in [4.78, 5) is 16.1. The van der Waals surface area contributed by atoms with Gasteiger partial charge in [-0.3, -0.25) is 9.55 Å². The summed E-state index contributed by atoms with van der Waals surface area (Å²) in [6, 6.07) is 67.6. The van der Waals surface area contributed by atoms with E-state index in [0.29, 0.717) is 0 Å². The lowest BCUT2D eigenvalue weighted by Crippen LogP contribution is -2.04. The first-order valence-electron chi connectivity index (χ1n) is 22.9. The molecule has 0 aliphatic carbocycles. The van der Waals surface area contributed by atoms with Crippen LogP contribution in [0.15, 0.2) is 205 Å². The highest BCUT2D eigenvalue weighted by Gasteiger charge is 2.26. The quantitative estimate of drug-likeness (QED) is 0.177. The van der Waals surface area contributed by atoms with Crippen molar-refractivity contribution in [2.24, 2.45) is 0 Å². The topological polar surface area (TPSA) is 61.7 Å². The maximum atomic E-state index is 6.76. The molecule has 0 amide bonds. The van der Waals surface area contributed by atoms with Crippen LogP contribution < -0.4 is 0 Å². The van der Waals surface area contributed by atoms with E-state index in [4.69, 9.17) is 14.4 Å². The summed E-state index contributed by atoms with van der Waals surface area (Å²) < 4.78 is 14.0. The second-order valence-electron chi connectivity index (χ2n) is 17.9. The van der Waals surface area contributed by atoms with Gasteiger partial charge in [0.05, 0.1) is 49.7 Å². The van der Waals surface area contributed by atoms with E-state index >= 15 is 0 Å². The molecule has 0 bridgehead atoms. The van der Waals surface area contributed by atoms with Gasteiger partial charge in [0.25, 0.3) is 0 Å². The number of thiophene rings is 1. The average molecular weight is 884 g/mol. The van der Waals surface area contributed by atoms with Crippen LogP contribution in [0.4, 0.5) is 0 Å². The van der Waals surface area contributed by atoms with Crippen LogP contribution in [0.2, 0.25) is 0 Å². The molecule has 314 valence electrons. The van der Waals surface area contributed by atoms with Gasteiger partial charge >= 0.3 is 0 Å². The normalized spacial score (nSPS) is 12.4. The molecule has 6 nitrogen and oxygen atoms in total. The summed E-state index contributed by atoms with van der Waals surface area (Å²) in [7, 11) is 0. The van der Waals surface area contributed by atoms with Gasteiger partial charge in [-0.05, 0) is 75.5 Å². The van der Waals surface area contributed by atoms with Crippen molar-refractivity contribution in [1.82, 2.24) is 24.1 Å². The van der Waals surface area contributed by atoms with Crippen molar-refractivity contribution in [3.8, 4) is 22.8 Å². The number of furan rings is 1. The second kappa shape index (κ2) is 13.3. The number of nitrogens with zero attached hydrogens (tertiary/aromatic N) is 5. The molecule has 10 aromatic carbocycles. The van der Waals surface area contributed by atoms with E-state index in [1.165, 1.54) is 52.5 Å². The molecule has 0 saturated carbocycles. The van der Waals surface area contributed by atoms with Crippen molar-refractivity contribution in [3.63, 3.8) is 0 Å². The number of benzene rings is 10. The molecule has 7 heteroatoms. The van der Waals surface area contributed by atoms with Gasteiger partial charge in [0, 0.05) is 71.0 Å². The van der Waals surface area contributed by atoms with Crippen molar-refractivity contribution >= 4 is 140 Å². The lowest BCUT2D eigenvalue weighted by Gasteiger charge is -2.15. The van der Waals surface area contributed by atoms with Gasteiger partial charge in [0.15, 0.2) is 5.82 Å². The van der Waals surface area contributed by atoms with Gasteiger partial charge in [-0.15, -0.1) is 11.3 Å². The molecule has 0 aliphatic heterocycles. The maximum Gasteiger partial charge on any atom is 0.165 e. The third kappa shape index (κ3) is 4.82. The maximum absolute atomic E-state index is 6.76. The summed E-state index contributed by atoms with van der Waals surface area (Å²) in [6.45, 7) is 0. The molecule has 6 aromatic heterocycles. The summed E-state index contributed by atoms with van der Waals surface area (Å²) in [5, 5.41) is 16.5. The fraction of sp³-hybridized carbons (Fsp3) is 0. The predicted molar refractivity (Wildman–Crippen MR) is 284 cm³/mol. The number of para-hydroxylation sites is 2. The monoisotopic (exact) mass is 883 g/mol. The molecule has 6 heterocycles. The molecule has 16 rings (SSSR count). The number of rotatable bonds is 3. The molecule has 0 fully saturated rings. The Morgan fingerprint density at radius 1 is 0.426 bits per heavy atom. The Morgan fingerprint density at radius 2 is 1.09 bits per heavy atom. The van der Waals surface area contributed by atoms with Crippen LogP contribution in [0.5, 0.6) is 0 Å². The largest absolute Gasteiger partial charge is 0.455 e. The highest BCUT2D eigenvalue weighted by molar-refractivity contribution is 7.27. The van der Waals surface area contributed by atoms with E-state index in [1.54, 1.807) is 0 Å². The van der Waals surface area contributed by atoms with Gasteiger partial charge in [-0.25, -0.2) is 9.97 Å². The highest BCUT2D eigenvalue weighted by atomic mass is 32.1. The van der Waals surface area contributed by atoms with Crippen molar-refractivity contribution < 1.29 is 4.42 Å². The van der Waals surface area contributed by atoms with E-state index in [0.717, 1.165) is 99.3 Å². The third-order valence-corrected chi connectivity index (χ3v) is 15.6. The summed E-state index contributed by atoms with van der Waals surface area (Å²) >= 11 is 1.88. The molecule has 0 radical (unpaired) electrons. The van der Waals surface area contributed by atoms with Crippen LogP contribution in [0.1, 0.15) is 0 Å². The zero-order valence-electron chi connectivity index (χ0n) is 36.1. The molecular formula is C61H33N5OS. The van der Waals surface area contributed by atoms with Crippen molar-refractivity contribution in [2.75, 3.05) is 0 Å². The van der Waals surface area contributed by atoms with Gasteiger partial charge < -0.3 is 8.98 Å². The van der Waals surface area contributed by atoms with Crippen molar-refractivity contribution in [1.29, 1.82) is 0 Å². The van der Waals surface area contributed by atoms with Crippen LogP contribution >= 0.6 is 11.3 Å². The van der Waals surface area contributed by atoms with E-state index in [1.807, 2.05) is 29.8 Å². The van der Waals surface area contributed by atoms with Gasteiger partial charge in [0.2, 0.25) is 0 Å². The smallest absolute Gasteiger partial charge is 0.165 e. The molecule has 0 saturated heterocycles. The predicted octanol–water partition coefficient (Wildman–Crippen LogP) is 16.6. The fourth-order valence-corrected chi connectivity index (χ4v) is 12.8. The second-order valence-corrected chi connectivity index (χ2v) is 18.9. The molecule has 16 aromatic rings. The summed E-state index contributed by atoms with van der Waals surface area (Å²) in [5.74, 6) is 0.774. The standard InChI is InChI=1S/C61H33N5OS/c1-3-15-38-34(12-1)23-26-43-47-31-48-49(32-53(47)67-58(38)43)63-56(36-25-28-52-46(30-36)40-17-7-9-21-50(40)65(52)37-14-11-29-62-33-37)61(64-48)66-51-22-10-8-20-44(51)54-41-18-5-6-19-42(41)55-45-27-24-35-13-2-4-16-39(35)59(45)68-60(55)57(54)66/h1-33H. The third-order valence-electron chi connectivity index (χ3n) is 14.3. The minimum atomic E-state index is 0.766. The minimum Gasteiger partial charge on any atom is -0.455 e. The van der Waals surface area contributed by atoms with E-state index in [9.17, 15) is 0 Å². The van der Waals surface area contributed by atoms with E-state index < -0.39 is 0 Å². The molecule has 68 heavy (non-hydrogen) atoms. The number of fused-ring (bicyclic) bond motifs is 21. The lowest BCUT2D eigenvalue weighted by molar-refractivity contribution is 0.673. The number of aromatic nitrogens is 5. The molecule has 0 aliphatic rings. The Balaban J connectivity index is 1.08. The summed E-state index contributed by atoms with van der Waals surface area (Å²) in [6.07, 6.45) is 3.75. The van der Waals surface area contributed by atoms with Crippen molar-refractivity contribution in [3.05, 3.63) is 200 Å². The highest BCUT2D eigenvalue weighted by Crippen LogP contribution is 2.50. The van der Waals surface area contributed by atoms with Crippen molar-refractivity contribution in [2.45, 2.75) is 0 Å². The first-order chi connectivity index (χ1) is 33.7. The van der Waals surface area contributed by atoms with Crippen LogP contribution in [0.3, 0.4) is 0 Å². The number of hydrogen-bond acceptors (Lipinski definition) is 5. The molecule has 0 N–H and O–H groups in total.